The number of benzene rings is 1. The van der Waals surface area contributed by atoms with Gasteiger partial charge in [-0.3, -0.25) is 10.1 Å². The molecule has 6 nitrogen and oxygen atoms in total. The molecule has 1 atom stereocenters. The van der Waals surface area contributed by atoms with Gasteiger partial charge in [0.05, 0.1) is 17.6 Å². The molecule has 94 valence electrons. The van der Waals surface area contributed by atoms with Crippen LogP contribution in [-0.2, 0) is 4.74 Å². The quantitative estimate of drug-likeness (QED) is 0.451. The lowest BCUT2D eigenvalue weighted by molar-refractivity contribution is -0.384. The van der Waals surface area contributed by atoms with Gasteiger partial charge in [0.1, 0.15) is 11.4 Å². The van der Waals surface area contributed by atoms with Crippen molar-refractivity contribution in [2.24, 2.45) is 5.92 Å². The molecule has 0 aliphatic heterocycles. The van der Waals surface area contributed by atoms with Crippen molar-refractivity contribution in [3.05, 3.63) is 28.3 Å². The molecule has 1 unspecified atom stereocenters. The van der Waals surface area contributed by atoms with Crippen molar-refractivity contribution in [3.8, 4) is 5.75 Å². The van der Waals surface area contributed by atoms with E-state index < -0.39 is 4.92 Å². The molecule has 0 fully saturated rings. The van der Waals surface area contributed by atoms with Crippen molar-refractivity contribution in [3.63, 3.8) is 0 Å². The maximum Gasteiger partial charge on any atom is 0.296 e. The average molecular weight is 240 g/mol. The Labute approximate surface area is 99.4 Å². The first-order chi connectivity index (χ1) is 8.04. The summed E-state index contributed by atoms with van der Waals surface area (Å²) in [4.78, 5) is 10.2. The molecule has 0 amide bonds. The summed E-state index contributed by atoms with van der Waals surface area (Å²) < 4.78 is 4.97. The highest BCUT2D eigenvalue weighted by Crippen LogP contribution is 2.28. The zero-order valence-electron chi connectivity index (χ0n) is 9.84. The summed E-state index contributed by atoms with van der Waals surface area (Å²) in [5.41, 5.74) is 0.269. The fourth-order valence-electron chi connectivity index (χ4n) is 1.45. The van der Waals surface area contributed by atoms with Gasteiger partial charge in [0.15, 0.2) is 0 Å². The first-order valence-corrected chi connectivity index (χ1v) is 5.24. The molecular formula is C11H16N2O4. The Balaban J connectivity index is 2.73. The topological polar surface area (TPSA) is 84.6 Å². The van der Waals surface area contributed by atoms with Crippen LogP contribution < -0.4 is 5.32 Å². The predicted octanol–water partition coefficient (Wildman–Crippen LogP) is 1.99. The van der Waals surface area contributed by atoms with E-state index in [9.17, 15) is 15.2 Å². The van der Waals surface area contributed by atoms with E-state index in [-0.39, 0.29) is 17.4 Å². The zero-order valence-corrected chi connectivity index (χ0v) is 9.84. The van der Waals surface area contributed by atoms with E-state index in [2.05, 4.69) is 5.32 Å². The molecule has 0 aromatic heterocycles. The Morgan fingerprint density at radius 3 is 2.88 bits per heavy atom. The molecule has 2 N–H and O–H groups in total. The van der Waals surface area contributed by atoms with Crippen LogP contribution in [0.25, 0.3) is 0 Å². The highest BCUT2D eigenvalue weighted by molar-refractivity contribution is 5.63. The maximum atomic E-state index is 10.8. The fraction of sp³-hybridized carbons (Fsp3) is 0.455. The molecule has 0 aliphatic carbocycles. The number of hydrogen-bond acceptors (Lipinski definition) is 5. The van der Waals surface area contributed by atoms with E-state index in [1.54, 1.807) is 7.11 Å². The van der Waals surface area contributed by atoms with Gasteiger partial charge in [0.2, 0.25) is 0 Å². The first kappa shape index (κ1) is 13.2. The van der Waals surface area contributed by atoms with Crippen molar-refractivity contribution in [2.75, 3.05) is 25.6 Å². The number of methoxy groups -OCH3 is 1. The van der Waals surface area contributed by atoms with Crippen LogP contribution in [0.5, 0.6) is 5.75 Å². The minimum atomic E-state index is -0.525. The van der Waals surface area contributed by atoms with Crippen LogP contribution in [0.3, 0.4) is 0 Å². The smallest absolute Gasteiger partial charge is 0.296 e. The van der Waals surface area contributed by atoms with Gasteiger partial charge in [-0.25, -0.2) is 0 Å². The number of nitro groups is 1. The molecule has 1 aromatic carbocycles. The minimum absolute atomic E-state index is 0.118. The van der Waals surface area contributed by atoms with Crippen molar-refractivity contribution >= 4 is 11.4 Å². The Bertz CT molecular complexity index is 395. The number of ether oxygens (including phenoxy) is 1. The number of hydrogen-bond donors (Lipinski definition) is 2. The number of phenolic OH excluding ortho intramolecular Hbond substituents is 1. The van der Waals surface area contributed by atoms with Crippen molar-refractivity contribution in [1.29, 1.82) is 0 Å². The summed E-state index contributed by atoms with van der Waals surface area (Å²) >= 11 is 0. The number of nitrogens with one attached hydrogen (secondary N) is 1. The van der Waals surface area contributed by atoms with Crippen LogP contribution >= 0.6 is 0 Å². The number of nitrogens with zero attached hydrogens (tertiary/aromatic N) is 1. The Hall–Kier alpha value is -1.82. The molecule has 6 heteroatoms. The molecule has 0 radical (unpaired) electrons. The molecule has 0 saturated heterocycles. The third-order valence-corrected chi connectivity index (χ3v) is 2.27. The normalized spacial score (nSPS) is 12.1. The molecule has 17 heavy (non-hydrogen) atoms. The molecule has 0 bridgehead atoms. The predicted molar refractivity (Wildman–Crippen MR) is 64.3 cm³/mol. The largest absolute Gasteiger partial charge is 0.508 e. The van der Waals surface area contributed by atoms with Gasteiger partial charge in [-0.05, 0) is 18.1 Å². The molecule has 1 rings (SSSR count). The molecule has 0 spiro atoms. The average Bonchev–Trinajstić information content (AvgIpc) is 2.27. The number of nitro benzene ring substituents is 1. The van der Waals surface area contributed by atoms with Crippen LogP contribution in [0, 0.1) is 16.0 Å². The van der Waals surface area contributed by atoms with Gasteiger partial charge in [-0.1, -0.05) is 6.92 Å². The van der Waals surface area contributed by atoms with E-state index in [1.165, 1.54) is 12.1 Å². The lowest BCUT2D eigenvalue weighted by Crippen LogP contribution is -2.16. The van der Waals surface area contributed by atoms with Crippen molar-refractivity contribution in [1.82, 2.24) is 0 Å². The lowest BCUT2D eigenvalue weighted by Gasteiger charge is -2.12. The standard InChI is InChI=1S/C11H16N2O4/c1-8(7-17-2)6-12-10-4-3-9(14)5-11(10)13(15)16/h3-5,8,12,14H,6-7H2,1-2H3. The van der Waals surface area contributed by atoms with Gasteiger partial charge in [-0.2, -0.15) is 0 Å². The molecule has 0 aliphatic rings. The third kappa shape index (κ3) is 3.92. The zero-order chi connectivity index (χ0) is 12.8. The molecule has 1 aromatic rings. The highest BCUT2D eigenvalue weighted by atomic mass is 16.6. The van der Waals surface area contributed by atoms with Crippen molar-refractivity contribution in [2.45, 2.75) is 6.92 Å². The van der Waals surface area contributed by atoms with E-state index in [0.717, 1.165) is 6.07 Å². The van der Waals surface area contributed by atoms with E-state index in [4.69, 9.17) is 4.74 Å². The first-order valence-electron chi connectivity index (χ1n) is 5.24. The summed E-state index contributed by atoms with van der Waals surface area (Å²) in [6, 6.07) is 4.03. The van der Waals surface area contributed by atoms with Crippen LogP contribution in [0.15, 0.2) is 18.2 Å². The molecule has 0 saturated carbocycles. The third-order valence-electron chi connectivity index (χ3n) is 2.27. The van der Waals surface area contributed by atoms with Crippen LogP contribution in [-0.4, -0.2) is 30.3 Å². The highest BCUT2D eigenvalue weighted by Gasteiger charge is 2.14. The van der Waals surface area contributed by atoms with Crippen molar-refractivity contribution < 1.29 is 14.8 Å². The number of phenols is 1. The SMILES string of the molecule is COCC(C)CNc1ccc(O)cc1[N+](=O)[O-]. The second-order valence-electron chi connectivity index (χ2n) is 3.90. The van der Waals surface area contributed by atoms with E-state index >= 15 is 0 Å². The Morgan fingerprint density at radius 2 is 2.29 bits per heavy atom. The van der Waals surface area contributed by atoms with E-state index in [1.807, 2.05) is 6.92 Å². The summed E-state index contributed by atoms with van der Waals surface area (Å²) in [5, 5.41) is 22.9. The van der Waals surface area contributed by atoms with Crippen LogP contribution in [0.4, 0.5) is 11.4 Å². The lowest BCUT2D eigenvalue weighted by atomic mass is 10.2. The van der Waals surface area contributed by atoms with Crippen LogP contribution in [0.1, 0.15) is 6.92 Å². The number of anilines is 1. The van der Waals surface area contributed by atoms with Gasteiger partial charge in [-0.15, -0.1) is 0 Å². The monoisotopic (exact) mass is 240 g/mol. The maximum absolute atomic E-state index is 10.8. The van der Waals surface area contributed by atoms with Gasteiger partial charge in [0, 0.05) is 13.7 Å². The molecule has 0 heterocycles. The summed E-state index contributed by atoms with van der Waals surface area (Å²) in [7, 11) is 1.61. The summed E-state index contributed by atoms with van der Waals surface area (Å²) in [6.45, 7) is 3.13. The van der Waals surface area contributed by atoms with Gasteiger partial charge >= 0.3 is 0 Å². The van der Waals surface area contributed by atoms with E-state index in [0.29, 0.717) is 18.8 Å². The Morgan fingerprint density at radius 1 is 1.59 bits per heavy atom. The minimum Gasteiger partial charge on any atom is -0.508 e. The summed E-state index contributed by atoms with van der Waals surface area (Å²) in [5.74, 6) is 0.126. The summed E-state index contributed by atoms with van der Waals surface area (Å²) in [6.07, 6.45) is 0. The van der Waals surface area contributed by atoms with Gasteiger partial charge < -0.3 is 15.2 Å². The second-order valence-corrected chi connectivity index (χ2v) is 3.90. The second kappa shape index (κ2) is 6.05. The van der Waals surface area contributed by atoms with Crippen LogP contribution in [0.2, 0.25) is 0 Å². The number of rotatable bonds is 6. The fourth-order valence-corrected chi connectivity index (χ4v) is 1.45. The van der Waals surface area contributed by atoms with Gasteiger partial charge in [0.25, 0.3) is 5.69 Å². The Kier molecular flexibility index (Phi) is 4.71. The molecular weight excluding hydrogens is 224 g/mol. The number of aromatic hydroxyl groups is 1.